The van der Waals surface area contributed by atoms with E-state index in [9.17, 15) is 18.0 Å². The van der Waals surface area contributed by atoms with Gasteiger partial charge >= 0.3 is 0 Å². The second-order valence-corrected chi connectivity index (χ2v) is 11.1. The van der Waals surface area contributed by atoms with Crippen LogP contribution in [0, 0.1) is 0 Å². The van der Waals surface area contributed by atoms with E-state index in [0.717, 1.165) is 41.6 Å². The van der Waals surface area contributed by atoms with Crippen LogP contribution in [-0.4, -0.2) is 35.5 Å². The summed E-state index contributed by atoms with van der Waals surface area (Å²) in [6.45, 7) is 2.69. The number of benzene rings is 1. The molecule has 0 radical (unpaired) electrons. The molecule has 0 aliphatic heterocycles. The van der Waals surface area contributed by atoms with Crippen molar-refractivity contribution in [2.45, 2.75) is 49.2 Å². The molecule has 1 aliphatic carbocycles. The lowest BCUT2D eigenvalue weighted by molar-refractivity contribution is -0.113. The molecule has 0 spiro atoms. The number of imidazole rings is 1. The first-order valence-corrected chi connectivity index (χ1v) is 13.4. The number of nitrogens with zero attached hydrogens (tertiary/aromatic N) is 2. The van der Waals surface area contributed by atoms with Gasteiger partial charge in [-0.05, 0) is 49.4 Å². The molecule has 3 aromatic rings. The Bertz CT molecular complexity index is 1330. The number of anilines is 1. The highest BCUT2D eigenvalue weighted by atomic mass is 32.2. The van der Waals surface area contributed by atoms with Gasteiger partial charge < -0.3 is 15.6 Å². The van der Waals surface area contributed by atoms with E-state index in [2.05, 4.69) is 10.3 Å². The molecule has 4 rings (SSSR count). The van der Waals surface area contributed by atoms with Crippen LogP contribution in [0.4, 0.5) is 5.00 Å². The van der Waals surface area contributed by atoms with Crippen molar-refractivity contribution in [1.29, 1.82) is 0 Å². The van der Waals surface area contributed by atoms with Gasteiger partial charge in [-0.25, -0.2) is 18.5 Å². The van der Waals surface area contributed by atoms with Crippen LogP contribution in [0.3, 0.4) is 0 Å². The van der Waals surface area contributed by atoms with Crippen LogP contribution in [-0.2, 0) is 34.2 Å². The molecule has 2 aromatic heterocycles. The van der Waals surface area contributed by atoms with Gasteiger partial charge in [0.05, 0.1) is 27.2 Å². The molecule has 12 heteroatoms. The summed E-state index contributed by atoms with van der Waals surface area (Å²) in [5.41, 5.74) is 8.21. The number of hydrogen-bond donors (Lipinski definition) is 3. The number of primary amides is 1. The van der Waals surface area contributed by atoms with Gasteiger partial charge in [0, 0.05) is 11.4 Å². The van der Waals surface area contributed by atoms with Gasteiger partial charge in [-0.3, -0.25) is 9.59 Å². The van der Waals surface area contributed by atoms with Crippen LogP contribution in [0.1, 0.15) is 40.6 Å². The Kier molecular flexibility index (Phi) is 6.30. The first-order chi connectivity index (χ1) is 15.2. The number of thioether (sulfide) groups is 1. The SMILES string of the molecule is CCCn1c(SCC(=O)Nc2sc3c(c2C(N)=O)CCC3)nc2cc(S(N)(=O)=O)ccc21. The number of aromatic nitrogens is 2. The number of nitrogens with one attached hydrogen (secondary N) is 1. The van der Waals surface area contributed by atoms with Crippen molar-refractivity contribution >= 4 is 61.0 Å². The lowest BCUT2D eigenvalue weighted by Gasteiger charge is -2.08. The molecule has 170 valence electrons. The van der Waals surface area contributed by atoms with Crippen LogP contribution in [0.15, 0.2) is 28.3 Å². The number of amides is 2. The third kappa shape index (κ3) is 4.40. The highest BCUT2D eigenvalue weighted by molar-refractivity contribution is 7.99. The predicted octanol–water partition coefficient (Wildman–Crippen LogP) is 2.47. The van der Waals surface area contributed by atoms with Crippen molar-refractivity contribution in [2.75, 3.05) is 11.1 Å². The summed E-state index contributed by atoms with van der Waals surface area (Å²) in [7, 11) is -3.84. The number of fused-ring (bicyclic) bond motifs is 2. The molecular weight excluding hydrogens is 470 g/mol. The topological polar surface area (TPSA) is 150 Å². The third-order valence-electron chi connectivity index (χ3n) is 5.21. The number of thiophene rings is 1. The highest BCUT2D eigenvalue weighted by Crippen LogP contribution is 2.39. The van der Waals surface area contributed by atoms with E-state index in [0.29, 0.717) is 27.8 Å². The molecule has 0 bridgehead atoms. The fourth-order valence-electron chi connectivity index (χ4n) is 3.86. The van der Waals surface area contributed by atoms with Crippen molar-refractivity contribution < 1.29 is 18.0 Å². The normalized spacial score (nSPS) is 13.4. The first kappa shape index (κ1) is 22.8. The molecular formula is C20H23N5O4S3. The molecule has 2 heterocycles. The molecule has 32 heavy (non-hydrogen) atoms. The van der Waals surface area contributed by atoms with Crippen LogP contribution in [0.2, 0.25) is 0 Å². The van der Waals surface area contributed by atoms with Gasteiger partial charge in [-0.2, -0.15) is 0 Å². The summed E-state index contributed by atoms with van der Waals surface area (Å²) in [5, 5.41) is 9.17. The second-order valence-electron chi connectivity index (χ2n) is 7.50. The smallest absolute Gasteiger partial charge is 0.251 e. The minimum Gasteiger partial charge on any atom is -0.365 e. The maximum Gasteiger partial charge on any atom is 0.251 e. The minimum atomic E-state index is -3.84. The van der Waals surface area contributed by atoms with E-state index in [1.54, 1.807) is 6.07 Å². The van der Waals surface area contributed by atoms with Gasteiger partial charge in [0.1, 0.15) is 5.00 Å². The lowest BCUT2D eigenvalue weighted by Crippen LogP contribution is -2.19. The highest BCUT2D eigenvalue weighted by Gasteiger charge is 2.26. The number of nitrogens with two attached hydrogens (primary N) is 2. The Morgan fingerprint density at radius 1 is 1.31 bits per heavy atom. The predicted molar refractivity (Wildman–Crippen MR) is 126 cm³/mol. The summed E-state index contributed by atoms with van der Waals surface area (Å²) < 4.78 is 25.3. The summed E-state index contributed by atoms with van der Waals surface area (Å²) in [4.78, 5) is 30.2. The molecule has 0 atom stereocenters. The molecule has 9 nitrogen and oxygen atoms in total. The largest absolute Gasteiger partial charge is 0.365 e. The molecule has 5 N–H and O–H groups in total. The van der Waals surface area contributed by atoms with Crippen molar-refractivity contribution in [2.24, 2.45) is 10.9 Å². The van der Waals surface area contributed by atoms with Crippen molar-refractivity contribution in [3.05, 3.63) is 34.2 Å². The fourth-order valence-corrected chi connectivity index (χ4v) is 6.55. The van der Waals surface area contributed by atoms with E-state index < -0.39 is 15.9 Å². The van der Waals surface area contributed by atoms with Crippen LogP contribution < -0.4 is 16.2 Å². The van der Waals surface area contributed by atoms with Gasteiger partial charge in [0.15, 0.2) is 5.16 Å². The zero-order valence-corrected chi connectivity index (χ0v) is 19.8. The first-order valence-electron chi connectivity index (χ1n) is 10.1. The zero-order valence-electron chi connectivity index (χ0n) is 17.4. The number of carbonyl (C=O) groups excluding carboxylic acids is 2. The van der Waals surface area contributed by atoms with Crippen LogP contribution >= 0.6 is 23.1 Å². The quantitative estimate of drug-likeness (QED) is 0.410. The maximum absolute atomic E-state index is 12.6. The number of sulfonamides is 1. The van der Waals surface area contributed by atoms with E-state index in [1.807, 2.05) is 11.5 Å². The van der Waals surface area contributed by atoms with Gasteiger partial charge in [0.2, 0.25) is 15.9 Å². The van der Waals surface area contributed by atoms with E-state index >= 15 is 0 Å². The average Bonchev–Trinajstić information content (AvgIpc) is 3.38. The summed E-state index contributed by atoms with van der Waals surface area (Å²) in [6, 6.07) is 4.56. The fraction of sp³-hybridized carbons (Fsp3) is 0.350. The average molecular weight is 494 g/mol. The molecule has 2 amide bonds. The van der Waals surface area contributed by atoms with E-state index in [4.69, 9.17) is 10.9 Å². The zero-order chi connectivity index (χ0) is 23.0. The number of carbonyl (C=O) groups is 2. The van der Waals surface area contributed by atoms with Gasteiger partial charge in [0.25, 0.3) is 5.91 Å². The maximum atomic E-state index is 12.6. The van der Waals surface area contributed by atoms with E-state index in [-0.39, 0.29) is 16.6 Å². The Hall–Kier alpha value is -2.41. The Morgan fingerprint density at radius 3 is 2.78 bits per heavy atom. The Morgan fingerprint density at radius 2 is 2.09 bits per heavy atom. The summed E-state index contributed by atoms with van der Waals surface area (Å²) in [6.07, 6.45) is 3.53. The van der Waals surface area contributed by atoms with Crippen LogP contribution in [0.5, 0.6) is 0 Å². The van der Waals surface area contributed by atoms with Crippen molar-refractivity contribution in [1.82, 2.24) is 9.55 Å². The number of aryl methyl sites for hydroxylation is 2. The monoisotopic (exact) mass is 493 g/mol. The molecule has 0 saturated heterocycles. The minimum absolute atomic E-state index is 0.00911. The summed E-state index contributed by atoms with van der Waals surface area (Å²) in [5.74, 6) is -0.712. The van der Waals surface area contributed by atoms with Gasteiger partial charge in [-0.1, -0.05) is 18.7 Å². The molecule has 0 unspecified atom stereocenters. The van der Waals surface area contributed by atoms with Crippen molar-refractivity contribution in [3.63, 3.8) is 0 Å². The van der Waals surface area contributed by atoms with E-state index in [1.165, 1.54) is 35.2 Å². The Labute approximate surface area is 193 Å². The number of primary sulfonamides is 1. The third-order valence-corrected chi connectivity index (χ3v) is 8.31. The van der Waals surface area contributed by atoms with Crippen molar-refractivity contribution in [3.8, 4) is 0 Å². The van der Waals surface area contributed by atoms with Crippen LogP contribution in [0.25, 0.3) is 11.0 Å². The lowest BCUT2D eigenvalue weighted by atomic mass is 10.1. The standard InChI is InChI=1S/C20H23N5O4S3/c1-2-8-25-14-7-6-11(32(22,28)29)9-13(14)23-20(25)30-10-16(26)24-19-17(18(21)27)12-4-3-5-15(12)31-19/h6-7,9H,2-5,8,10H2,1H3,(H2,21,27)(H,24,26)(H2,22,28,29). The van der Waals surface area contributed by atoms with Gasteiger partial charge in [-0.15, -0.1) is 11.3 Å². The summed E-state index contributed by atoms with van der Waals surface area (Å²) >= 11 is 2.66. The molecule has 0 fully saturated rings. The Balaban J connectivity index is 1.54. The molecule has 1 aliphatic rings. The number of hydrogen-bond acceptors (Lipinski definition) is 7. The second kappa shape index (κ2) is 8.85. The molecule has 1 aromatic carbocycles. The molecule has 0 saturated carbocycles. The number of rotatable bonds is 8.